The van der Waals surface area contributed by atoms with Gasteiger partial charge < -0.3 is 15.6 Å². The molecule has 0 aliphatic rings. The molecule has 7 heteroatoms. The SMILES string of the molecule is Nc1cc(OC(F)(F)F)cc(Cl)c1CO. The van der Waals surface area contributed by atoms with Crippen molar-refractivity contribution >= 4 is 17.3 Å². The zero-order chi connectivity index (χ0) is 11.6. The number of nitrogens with two attached hydrogens (primary N) is 1. The van der Waals surface area contributed by atoms with Crippen LogP contribution in [-0.4, -0.2) is 11.5 Å². The molecule has 1 rings (SSSR count). The number of benzene rings is 1. The molecule has 0 heterocycles. The molecule has 0 aliphatic heterocycles. The van der Waals surface area contributed by atoms with Gasteiger partial charge in [-0.2, -0.15) is 0 Å². The molecule has 3 N–H and O–H groups in total. The summed E-state index contributed by atoms with van der Waals surface area (Å²) in [6, 6.07) is 1.89. The van der Waals surface area contributed by atoms with Crippen LogP contribution < -0.4 is 10.5 Å². The third kappa shape index (κ3) is 3.17. The number of nitrogen functional groups attached to an aromatic ring is 1. The van der Waals surface area contributed by atoms with Gasteiger partial charge in [0.2, 0.25) is 0 Å². The molecule has 0 spiro atoms. The predicted octanol–water partition coefficient (Wildman–Crippen LogP) is 2.31. The lowest BCUT2D eigenvalue weighted by Crippen LogP contribution is -2.17. The van der Waals surface area contributed by atoms with E-state index >= 15 is 0 Å². The molecule has 1 aromatic carbocycles. The highest BCUT2D eigenvalue weighted by atomic mass is 35.5. The molecule has 0 fully saturated rings. The van der Waals surface area contributed by atoms with Crippen LogP contribution >= 0.6 is 11.6 Å². The van der Waals surface area contributed by atoms with Crippen LogP contribution in [0.25, 0.3) is 0 Å². The van der Waals surface area contributed by atoms with E-state index in [0.717, 1.165) is 12.1 Å². The quantitative estimate of drug-likeness (QED) is 0.782. The molecule has 84 valence electrons. The van der Waals surface area contributed by atoms with Gasteiger partial charge in [-0.25, -0.2) is 0 Å². The Morgan fingerprint density at radius 1 is 1.40 bits per heavy atom. The van der Waals surface area contributed by atoms with Crippen molar-refractivity contribution in [3.8, 4) is 5.75 Å². The highest BCUT2D eigenvalue weighted by molar-refractivity contribution is 6.31. The monoisotopic (exact) mass is 241 g/mol. The summed E-state index contributed by atoms with van der Waals surface area (Å²) in [7, 11) is 0. The molecule has 0 atom stereocenters. The minimum absolute atomic E-state index is 0.0516. The Bertz CT molecular complexity index is 344. The lowest BCUT2D eigenvalue weighted by atomic mass is 10.2. The van der Waals surface area contributed by atoms with Crippen LogP contribution in [0, 0.1) is 0 Å². The average Bonchev–Trinajstić information content (AvgIpc) is 1.99. The van der Waals surface area contributed by atoms with Crippen molar-refractivity contribution in [3.05, 3.63) is 22.7 Å². The average molecular weight is 242 g/mol. The van der Waals surface area contributed by atoms with Crippen LogP contribution in [0.1, 0.15) is 5.56 Å². The Labute approximate surface area is 88.2 Å². The number of hydrogen-bond acceptors (Lipinski definition) is 3. The first-order valence-corrected chi connectivity index (χ1v) is 4.16. The standard InChI is InChI=1S/C8H7ClF3NO2/c9-6-1-4(15-8(10,11)12)2-7(13)5(6)3-14/h1-2,14H,3,13H2. The van der Waals surface area contributed by atoms with E-state index in [1.54, 1.807) is 0 Å². The van der Waals surface area contributed by atoms with E-state index in [1.165, 1.54) is 0 Å². The largest absolute Gasteiger partial charge is 0.573 e. The summed E-state index contributed by atoms with van der Waals surface area (Å²) in [6.45, 7) is -0.447. The number of alkyl halides is 3. The molecule has 0 bridgehead atoms. The molecule has 3 nitrogen and oxygen atoms in total. The van der Waals surface area contributed by atoms with Gasteiger partial charge in [-0.3, -0.25) is 0 Å². The minimum Gasteiger partial charge on any atom is -0.406 e. The van der Waals surface area contributed by atoms with E-state index in [1.807, 2.05) is 0 Å². The highest BCUT2D eigenvalue weighted by Crippen LogP contribution is 2.31. The summed E-state index contributed by atoms with van der Waals surface area (Å²) in [5, 5.41) is 8.72. The van der Waals surface area contributed by atoms with Crippen LogP contribution in [0.2, 0.25) is 5.02 Å². The van der Waals surface area contributed by atoms with Gasteiger partial charge in [0.25, 0.3) is 0 Å². The van der Waals surface area contributed by atoms with Crippen LogP contribution in [0.15, 0.2) is 12.1 Å². The van der Waals surface area contributed by atoms with Crippen molar-refractivity contribution in [2.45, 2.75) is 13.0 Å². The fraction of sp³-hybridized carbons (Fsp3) is 0.250. The first-order chi connectivity index (χ1) is 6.83. The Kier molecular flexibility index (Phi) is 3.31. The minimum atomic E-state index is -4.80. The maximum atomic E-state index is 11.8. The van der Waals surface area contributed by atoms with E-state index in [9.17, 15) is 13.2 Å². The van der Waals surface area contributed by atoms with Crippen molar-refractivity contribution in [2.75, 3.05) is 5.73 Å². The summed E-state index contributed by atoms with van der Waals surface area (Å²) in [4.78, 5) is 0. The van der Waals surface area contributed by atoms with Gasteiger partial charge in [0.1, 0.15) is 5.75 Å². The fourth-order valence-corrected chi connectivity index (χ4v) is 1.27. The van der Waals surface area contributed by atoms with Gasteiger partial charge in [0.15, 0.2) is 0 Å². The van der Waals surface area contributed by atoms with Crippen LogP contribution in [0.3, 0.4) is 0 Å². The number of halogens is 4. The maximum Gasteiger partial charge on any atom is 0.573 e. The molecule has 0 unspecified atom stereocenters. The van der Waals surface area contributed by atoms with Crippen molar-refractivity contribution in [2.24, 2.45) is 0 Å². The smallest absolute Gasteiger partial charge is 0.406 e. The number of ether oxygens (including phenoxy) is 1. The number of rotatable bonds is 2. The van der Waals surface area contributed by atoms with E-state index in [4.69, 9.17) is 22.4 Å². The molecular formula is C8H7ClF3NO2. The third-order valence-corrected chi connectivity index (χ3v) is 1.93. The lowest BCUT2D eigenvalue weighted by molar-refractivity contribution is -0.274. The lowest BCUT2D eigenvalue weighted by Gasteiger charge is -2.12. The van der Waals surface area contributed by atoms with Gasteiger partial charge in [-0.1, -0.05) is 11.6 Å². The van der Waals surface area contributed by atoms with Gasteiger partial charge in [-0.15, -0.1) is 13.2 Å². The van der Waals surface area contributed by atoms with Gasteiger partial charge in [-0.05, 0) is 6.07 Å². The molecule has 15 heavy (non-hydrogen) atoms. The fourth-order valence-electron chi connectivity index (χ4n) is 0.991. The van der Waals surface area contributed by atoms with E-state index in [-0.39, 0.29) is 16.3 Å². The van der Waals surface area contributed by atoms with Gasteiger partial charge >= 0.3 is 6.36 Å². The predicted molar refractivity (Wildman–Crippen MR) is 48.5 cm³/mol. The third-order valence-electron chi connectivity index (χ3n) is 1.60. The molecule has 0 amide bonds. The van der Waals surface area contributed by atoms with Crippen molar-refractivity contribution in [1.82, 2.24) is 0 Å². The Hall–Kier alpha value is -1.14. The zero-order valence-electron chi connectivity index (χ0n) is 7.31. The summed E-state index contributed by atoms with van der Waals surface area (Å²) < 4.78 is 39.1. The molecule has 0 aromatic heterocycles. The van der Waals surface area contributed by atoms with Crippen molar-refractivity contribution in [1.29, 1.82) is 0 Å². The van der Waals surface area contributed by atoms with E-state index < -0.39 is 18.7 Å². The summed E-state index contributed by atoms with van der Waals surface area (Å²) in [5.41, 5.74) is 5.48. The van der Waals surface area contributed by atoms with Gasteiger partial charge in [0.05, 0.1) is 11.6 Å². The molecule has 0 aliphatic carbocycles. The first kappa shape index (κ1) is 11.9. The first-order valence-electron chi connectivity index (χ1n) is 3.78. The second kappa shape index (κ2) is 4.16. The van der Waals surface area contributed by atoms with Crippen LogP contribution in [0.5, 0.6) is 5.75 Å². The topological polar surface area (TPSA) is 55.5 Å². The Morgan fingerprint density at radius 2 is 2.00 bits per heavy atom. The number of hydrogen-bond donors (Lipinski definition) is 2. The number of anilines is 1. The summed E-state index contributed by atoms with van der Waals surface area (Å²) >= 11 is 5.58. The molecule has 0 saturated heterocycles. The second-order valence-electron chi connectivity index (χ2n) is 2.68. The van der Waals surface area contributed by atoms with Crippen LogP contribution in [-0.2, 0) is 6.61 Å². The number of aliphatic hydroxyl groups is 1. The number of aliphatic hydroxyl groups excluding tert-OH is 1. The van der Waals surface area contributed by atoms with Crippen LogP contribution in [0.4, 0.5) is 18.9 Å². The Morgan fingerprint density at radius 3 is 2.40 bits per heavy atom. The maximum absolute atomic E-state index is 11.8. The molecular weight excluding hydrogens is 235 g/mol. The zero-order valence-corrected chi connectivity index (χ0v) is 8.06. The Balaban J connectivity index is 3.04. The molecule has 0 saturated carbocycles. The summed E-state index contributed by atoms with van der Waals surface area (Å²) in [5.74, 6) is -0.512. The highest BCUT2D eigenvalue weighted by Gasteiger charge is 2.31. The second-order valence-corrected chi connectivity index (χ2v) is 3.09. The van der Waals surface area contributed by atoms with Crippen molar-refractivity contribution < 1.29 is 23.0 Å². The van der Waals surface area contributed by atoms with Gasteiger partial charge in [0, 0.05) is 17.3 Å². The molecule has 0 radical (unpaired) electrons. The normalized spacial score (nSPS) is 11.5. The summed E-state index contributed by atoms with van der Waals surface area (Å²) in [6.07, 6.45) is -4.80. The van der Waals surface area contributed by atoms with Crippen molar-refractivity contribution in [3.63, 3.8) is 0 Å². The molecule has 1 aromatic rings. The van der Waals surface area contributed by atoms with E-state index in [0.29, 0.717) is 0 Å². The van der Waals surface area contributed by atoms with E-state index in [2.05, 4.69) is 4.74 Å².